The molecule has 5 nitrogen and oxygen atoms in total. The average Bonchev–Trinajstić information content (AvgIpc) is 2.37. The van der Waals surface area contributed by atoms with E-state index in [2.05, 4.69) is 5.32 Å². The number of amides is 1. The third kappa shape index (κ3) is 3.96. The second-order valence-electron chi connectivity index (χ2n) is 4.47. The molecule has 0 aliphatic heterocycles. The topological polar surface area (TPSA) is 81.4 Å². The standard InChI is InChI=1S/C13H20N2O3S/c1-8(2)19(17)9(3)13(16)15-11-7-10(14)5-6-12(11)18-4/h5-9H,14H2,1-4H3,(H,15,16). The molecule has 0 aliphatic rings. The van der Waals surface area contributed by atoms with Crippen LogP contribution in [0.25, 0.3) is 0 Å². The first kappa shape index (κ1) is 15.5. The highest BCUT2D eigenvalue weighted by Gasteiger charge is 2.23. The number of hydrogen-bond acceptors (Lipinski definition) is 4. The van der Waals surface area contributed by atoms with Crippen LogP contribution in [-0.2, 0) is 15.6 Å². The van der Waals surface area contributed by atoms with E-state index in [1.165, 1.54) is 7.11 Å². The maximum Gasteiger partial charge on any atom is 0.239 e. The second kappa shape index (κ2) is 6.56. The lowest BCUT2D eigenvalue weighted by Gasteiger charge is -2.16. The minimum absolute atomic E-state index is 0.0662. The van der Waals surface area contributed by atoms with E-state index >= 15 is 0 Å². The number of ether oxygens (including phenoxy) is 1. The van der Waals surface area contributed by atoms with E-state index in [1.807, 2.05) is 13.8 Å². The Morgan fingerprint density at radius 2 is 2.00 bits per heavy atom. The monoisotopic (exact) mass is 284 g/mol. The highest BCUT2D eigenvalue weighted by Crippen LogP contribution is 2.26. The Labute approximate surface area is 116 Å². The van der Waals surface area contributed by atoms with Crippen LogP contribution < -0.4 is 15.8 Å². The van der Waals surface area contributed by atoms with Gasteiger partial charge in [-0.25, -0.2) is 0 Å². The molecule has 0 fully saturated rings. The molecule has 0 aliphatic carbocycles. The Morgan fingerprint density at radius 1 is 1.37 bits per heavy atom. The maximum atomic E-state index is 12.0. The molecule has 1 rings (SSSR count). The van der Waals surface area contributed by atoms with Crippen molar-refractivity contribution in [2.45, 2.75) is 31.3 Å². The normalized spacial score (nSPS) is 13.9. The van der Waals surface area contributed by atoms with Gasteiger partial charge < -0.3 is 15.8 Å². The molecule has 6 heteroatoms. The summed E-state index contributed by atoms with van der Waals surface area (Å²) in [6, 6.07) is 4.97. The first-order valence-corrected chi connectivity index (χ1v) is 7.28. The number of carbonyl (C=O) groups is 1. The minimum atomic E-state index is -1.22. The molecule has 1 aromatic carbocycles. The fourth-order valence-corrected chi connectivity index (χ4v) is 2.66. The van der Waals surface area contributed by atoms with Gasteiger partial charge in [-0.2, -0.15) is 0 Å². The number of nitrogens with one attached hydrogen (secondary N) is 1. The fraction of sp³-hybridized carbons (Fsp3) is 0.462. The van der Waals surface area contributed by atoms with Crippen LogP contribution in [0, 0.1) is 0 Å². The van der Waals surface area contributed by atoms with Gasteiger partial charge in [0.2, 0.25) is 5.91 Å². The SMILES string of the molecule is COc1ccc(N)cc1NC(=O)C(C)S(=O)C(C)C. The molecular formula is C13H20N2O3S. The molecular weight excluding hydrogens is 264 g/mol. The smallest absolute Gasteiger partial charge is 0.239 e. The number of nitrogen functional groups attached to an aromatic ring is 1. The van der Waals surface area contributed by atoms with Gasteiger partial charge in [0, 0.05) is 21.7 Å². The van der Waals surface area contributed by atoms with Crippen molar-refractivity contribution in [1.82, 2.24) is 0 Å². The number of hydrogen-bond donors (Lipinski definition) is 2. The zero-order chi connectivity index (χ0) is 14.6. The van der Waals surface area contributed by atoms with Crippen molar-refractivity contribution in [3.05, 3.63) is 18.2 Å². The number of carbonyl (C=O) groups excluding carboxylic acids is 1. The van der Waals surface area contributed by atoms with Crippen molar-refractivity contribution in [2.75, 3.05) is 18.2 Å². The van der Waals surface area contributed by atoms with Crippen LogP contribution in [-0.4, -0.2) is 27.7 Å². The zero-order valence-electron chi connectivity index (χ0n) is 11.6. The van der Waals surface area contributed by atoms with E-state index in [1.54, 1.807) is 25.1 Å². The summed E-state index contributed by atoms with van der Waals surface area (Å²) in [6.45, 7) is 5.28. The van der Waals surface area contributed by atoms with Gasteiger partial charge >= 0.3 is 0 Å². The molecule has 2 atom stereocenters. The zero-order valence-corrected chi connectivity index (χ0v) is 12.4. The van der Waals surface area contributed by atoms with Crippen molar-refractivity contribution >= 4 is 28.1 Å². The molecule has 0 bridgehead atoms. The van der Waals surface area contributed by atoms with Crippen LogP contribution in [0.4, 0.5) is 11.4 Å². The molecule has 0 radical (unpaired) electrons. The summed E-state index contributed by atoms with van der Waals surface area (Å²) in [7, 11) is 0.293. The summed E-state index contributed by atoms with van der Waals surface area (Å²) in [6.07, 6.45) is 0. The summed E-state index contributed by atoms with van der Waals surface area (Å²) in [4.78, 5) is 12.0. The van der Waals surface area contributed by atoms with Crippen LogP contribution >= 0.6 is 0 Å². The molecule has 0 spiro atoms. The summed E-state index contributed by atoms with van der Waals surface area (Å²) >= 11 is 0. The van der Waals surface area contributed by atoms with E-state index in [0.717, 1.165) is 0 Å². The van der Waals surface area contributed by atoms with Gasteiger partial charge in [-0.3, -0.25) is 9.00 Å². The van der Waals surface area contributed by atoms with Crippen molar-refractivity contribution in [1.29, 1.82) is 0 Å². The molecule has 0 aromatic heterocycles. The third-order valence-corrected chi connectivity index (χ3v) is 4.50. The van der Waals surface area contributed by atoms with Gasteiger partial charge in [-0.15, -0.1) is 0 Å². The molecule has 1 amide bonds. The Bertz CT molecular complexity index is 489. The largest absolute Gasteiger partial charge is 0.495 e. The van der Waals surface area contributed by atoms with Crippen molar-refractivity contribution in [3.8, 4) is 5.75 Å². The van der Waals surface area contributed by atoms with E-state index in [0.29, 0.717) is 17.1 Å². The lowest BCUT2D eigenvalue weighted by molar-refractivity contribution is -0.115. The number of nitrogens with two attached hydrogens (primary N) is 1. The molecule has 106 valence electrons. The fourth-order valence-electron chi connectivity index (χ4n) is 1.57. The molecule has 19 heavy (non-hydrogen) atoms. The summed E-state index contributed by atoms with van der Waals surface area (Å²) < 4.78 is 17.0. The van der Waals surface area contributed by atoms with E-state index in [4.69, 9.17) is 10.5 Å². The molecule has 1 aromatic rings. The van der Waals surface area contributed by atoms with Gasteiger partial charge in [0.25, 0.3) is 0 Å². The van der Waals surface area contributed by atoms with E-state index in [9.17, 15) is 9.00 Å². The number of methoxy groups -OCH3 is 1. The van der Waals surface area contributed by atoms with Gasteiger partial charge in [-0.05, 0) is 25.1 Å². The minimum Gasteiger partial charge on any atom is -0.495 e. The number of benzene rings is 1. The third-order valence-electron chi connectivity index (χ3n) is 2.66. The van der Waals surface area contributed by atoms with Gasteiger partial charge in [0.15, 0.2) is 0 Å². The van der Waals surface area contributed by atoms with Crippen molar-refractivity contribution in [2.24, 2.45) is 0 Å². The first-order chi connectivity index (χ1) is 8.86. The van der Waals surface area contributed by atoms with E-state index < -0.39 is 16.0 Å². The Morgan fingerprint density at radius 3 is 2.53 bits per heavy atom. The van der Waals surface area contributed by atoms with Gasteiger partial charge in [0.1, 0.15) is 11.0 Å². The van der Waals surface area contributed by atoms with Crippen LogP contribution in [0.1, 0.15) is 20.8 Å². The molecule has 0 saturated heterocycles. The predicted octanol–water partition coefficient (Wildman–Crippen LogP) is 1.76. The van der Waals surface area contributed by atoms with Crippen molar-refractivity contribution < 1.29 is 13.7 Å². The van der Waals surface area contributed by atoms with Gasteiger partial charge in [-0.1, -0.05) is 13.8 Å². The Balaban J connectivity index is 2.87. The van der Waals surface area contributed by atoms with Crippen LogP contribution in [0.3, 0.4) is 0 Å². The number of rotatable bonds is 5. The molecule has 3 N–H and O–H groups in total. The van der Waals surface area contributed by atoms with Crippen LogP contribution in [0.15, 0.2) is 18.2 Å². The predicted molar refractivity (Wildman–Crippen MR) is 78.8 cm³/mol. The first-order valence-electron chi connectivity index (χ1n) is 6.00. The summed E-state index contributed by atoms with van der Waals surface area (Å²) in [5.74, 6) is 0.209. The molecule has 0 heterocycles. The Hall–Kier alpha value is -1.56. The maximum absolute atomic E-state index is 12.0. The van der Waals surface area contributed by atoms with Crippen LogP contribution in [0.5, 0.6) is 5.75 Å². The second-order valence-corrected chi connectivity index (χ2v) is 6.78. The van der Waals surface area contributed by atoms with Gasteiger partial charge in [0.05, 0.1) is 12.8 Å². The lowest BCUT2D eigenvalue weighted by Crippen LogP contribution is -2.32. The quantitative estimate of drug-likeness (QED) is 0.807. The molecule has 2 unspecified atom stereocenters. The van der Waals surface area contributed by atoms with E-state index in [-0.39, 0.29) is 11.2 Å². The van der Waals surface area contributed by atoms with Crippen LogP contribution in [0.2, 0.25) is 0 Å². The summed E-state index contributed by atoms with van der Waals surface area (Å²) in [5.41, 5.74) is 6.68. The average molecular weight is 284 g/mol. The summed E-state index contributed by atoms with van der Waals surface area (Å²) in [5, 5.41) is 2.04. The highest BCUT2D eigenvalue weighted by molar-refractivity contribution is 7.87. The lowest BCUT2D eigenvalue weighted by atomic mass is 10.2. The number of anilines is 2. The molecule has 0 saturated carbocycles. The van der Waals surface area contributed by atoms with Crippen molar-refractivity contribution in [3.63, 3.8) is 0 Å². The Kier molecular flexibility index (Phi) is 5.35. The highest BCUT2D eigenvalue weighted by atomic mass is 32.2.